The van der Waals surface area contributed by atoms with Gasteiger partial charge in [-0.1, -0.05) is 36.4 Å². The molecular formula is C13H10F2O2. The second-order valence-corrected chi connectivity index (χ2v) is 3.86. The van der Waals surface area contributed by atoms with Crippen molar-refractivity contribution in [2.75, 3.05) is 0 Å². The van der Waals surface area contributed by atoms with Crippen molar-refractivity contribution >= 4 is 11.5 Å². The predicted molar refractivity (Wildman–Crippen MR) is 59.7 cm³/mol. The highest BCUT2D eigenvalue weighted by Gasteiger charge is 2.40. The molecule has 0 saturated heterocycles. The number of alkyl halides is 1. The standard InChI is InChI=1S/C13H10F2O2/c14-11-8-13(15,12(16)17)7-6-10(11)9-4-2-1-3-5-9/h1-7H,8H2,(H,16,17). The zero-order chi connectivity index (χ0) is 12.5. The second kappa shape index (κ2) is 4.13. The van der Waals surface area contributed by atoms with E-state index in [9.17, 15) is 13.6 Å². The van der Waals surface area contributed by atoms with Gasteiger partial charge in [-0.05, 0) is 11.6 Å². The maximum atomic E-state index is 13.7. The average molecular weight is 236 g/mol. The van der Waals surface area contributed by atoms with Crippen LogP contribution in [0.25, 0.3) is 5.57 Å². The third-order valence-electron chi connectivity index (χ3n) is 2.66. The van der Waals surface area contributed by atoms with E-state index >= 15 is 0 Å². The van der Waals surface area contributed by atoms with E-state index in [1.165, 1.54) is 6.08 Å². The van der Waals surface area contributed by atoms with Crippen LogP contribution in [0.5, 0.6) is 0 Å². The lowest BCUT2D eigenvalue weighted by Gasteiger charge is -2.21. The van der Waals surface area contributed by atoms with Gasteiger partial charge in [0.15, 0.2) is 0 Å². The van der Waals surface area contributed by atoms with Crippen LogP contribution in [0.15, 0.2) is 48.3 Å². The maximum Gasteiger partial charge on any atom is 0.346 e. The van der Waals surface area contributed by atoms with Crippen LogP contribution in [0.1, 0.15) is 12.0 Å². The molecule has 17 heavy (non-hydrogen) atoms. The summed E-state index contributed by atoms with van der Waals surface area (Å²) in [7, 11) is 0. The molecule has 0 amide bonds. The summed E-state index contributed by atoms with van der Waals surface area (Å²) >= 11 is 0. The lowest BCUT2D eigenvalue weighted by molar-refractivity contribution is -0.147. The van der Waals surface area contributed by atoms with Gasteiger partial charge >= 0.3 is 5.97 Å². The van der Waals surface area contributed by atoms with E-state index in [0.29, 0.717) is 5.56 Å². The van der Waals surface area contributed by atoms with E-state index < -0.39 is 23.9 Å². The van der Waals surface area contributed by atoms with Crippen molar-refractivity contribution in [2.24, 2.45) is 0 Å². The molecule has 0 radical (unpaired) electrons. The molecule has 1 aliphatic rings. The molecule has 0 bridgehead atoms. The monoisotopic (exact) mass is 236 g/mol. The van der Waals surface area contributed by atoms with E-state index in [4.69, 9.17) is 5.11 Å². The summed E-state index contributed by atoms with van der Waals surface area (Å²) in [4.78, 5) is 10.6. The molecule has 1 aliphatic carbocycles. The van der Waals surface area contributed by atoms with Crippen LogP contribution < -0.4 is 0 Å². The topological polar surface area (TPSA) is 37.3 Å². The van der Waals surface area contributed by atoms with Gasteiger partial charge in [0.25, 0.3) is 0 Å². The molecule has 0 fully saturated rings. The zero-order valence-electron chi connectivity index (χ0n) is 8.86. The Kier molecular flexibility index (Phi) is 2.79. The van der Waals surface area contributed by atoms with E-state index in [1.54, 1.807) is 30.3 Å². The minimum absolute atomic E-state index is 0.236. The van der Waals surface area contributed by atoms with E-state index in [1.807, 2.05) is 0 Å². The van der Waals surface area contributed by atoms with Gasteiger partial charge in [-0.3, -0.25) is 0 Å². The molecular weight excluding hydrogens is 226 g/mol. The summed E-state index contributed by atoms with van der Waals surface area (Å²) < 4.78 is 27.4. The molecule has 1 N–H and O–H groups in total. The predicted octanol–water partition coefficient (Wildman–Crippen LogP) is 3.12. The minimum atomic E-state index is -2.64. The van der Waals surface area contributed by atoms with Crippen molar-refractivity contribution < 1.29 is 18.7 Å². The fourth-order valence-corrected chi connectivity index (χ4v) is 1.70. The van der Waals surface area contributed by atoms with E-state index in [0.717, 1.165) is 6.08 Å². The molecule has 0 saturated carbocycles. The molecule has 0 aromatic heterocycles. The Labute approximate surface area is 96.9 Å². The highest BCUT2D eigenvalue weighted by atomic mass is 19.2. The van der Waals surface area contributed by atoms with Gasteiger partial charge in [0.05, 0.1) is 0 Å². The smallest absolute Gasteiger partial charge is 0.346 e. The van der Waals surface area contributed by atoms with Crippen LogP contribution in [0.3, 0.4) is 0 Å². The van der Waals surface area contributed by atoms with Crippen LogP contribution in [-0.2, 0) is 4.79 Å². The lowest BCUT2D eigenvalue weighted by atomic mass is 9.90. The molecule has 1 aromatic rings. The quantitative estimate of drug-likeness (QED) is 0.856. The number of carboxylic acids is 1. The van der Waals surface area contributed by atoms with Crippen molar-refractivity contribution in [3.63, 3.8) is 0 Å². The van der Waals surface area contributed by atoms with Crippen LogP contribution in [0.2, 0.25) is 0 Å². The van der Waals surface area contributed by atoms with Crippen molar-refractivity contribution in [2.45, 2.75) is 12.1 Å². The first kappa shape index (κ1) is 11.5. The third kappa shape index (κ3) is 2.11. The summed E-state index contributed by atoms with van der Waals surface area (Å²) in [6.07, 6.45) is 1.31. The van der Waals surface area contributed by atoms with E-state index in [-0.39, 0.29) is 5.57 Å². The lowest BCUT2D eigenvalue weighted by Crippen LogP contribution is -2.33. The molecule has 0 heterocycles. The second-order valence-electron chi connectivity index (χ2n) is 3.86. The highest BCUT2D eigenvalue weighted by molar-refractivity contribution is 5.86. The van der Waals surface area contributed by atoms with Gasteiger partial charge < -0.3 is 5.11 Å². The van der Waals surface area contributed by atoms with Crippen LogP contribution in [0.4, 0.5) is 8.78 Å². The first-order valence-electron chi connectivity index (χ1n) is 5.08. The largest absolute Gasteiger partial charge is 0.479 e. The molecule has 88 valence electrons. The highest BCUT2D eigenvalue weighted by Crippen LogP contribution is 2.35. The fraction of sp³-hybridized carbons (Fsp3) is 0.154. The average Bonchev–Trinajstić information content (AvgIpc) is 2.30. The summed E-state index contributed by atoms with van der Waals surface area (Å²) in [5.41, 5.74) is -1.80. The Bertz CT molecular complexity index is 505. The fourth-order valence-electron chi connectivity index (χ4n) is 1.70. The molecule has 0 spiro atoms. The van der Waals surface area contributed by atoms with Gasteiger partial charge in [-0.15, -0.1) is 0 Å². The first-order valence-corrected chi connectivity index (χ1v) is 5.08. The molecule has 2 rings (SSSR count). The normalized spacial score (nSPS) is 23.9. The first-order chi connectivity index (χ1) is 8.03. The summed E-state index contributed by atoms with van der Waals surface area (Å²) in [5, 5.41) is 8.66. The van der Waals surface area contributed by atoms with Gasteiger partial charge in [0.2, 0.25) is 5.67 Å². The number of carboxylic acid groups (broad SMARTS) is 1. The molecule has 1 aromatic carbocycles. The Balaban J connectivity index is 2.36. The number of allylic oxidation sites excluding steroid dienone is 3. The molecule has 1 atom stereocenters. The van der Waals surface area contributed by atoms with E-state index in [2.05, 4.69) is 0 Å². The number of hydrogen-bond donors (Lipinski definition) is 1. The van der Waals surface area contributed by atoms with Gasteiger partial charge in [0, 0.05) is 12.0 Å². The maximum absolute atomic E-state index is 13.7. The Morgan fingerprint density at radius 3 is 2.47 bits per heavy atom. The Hall–Kier alpha value is -1.97. The van der Waals surface area contributed by atoms with Crippen LogP contribution in [-0.4, -0.2) is 16.7 Å². The van der Waals surface area contributed by atoms with Crippen molar-refractivity contribution in [3.8, 4) is 0 Å². The Morgan fingerprint density at radius 1 is 1.29 bits per heavy atom. The number of benzene rings is 1. The number of rotatable bonds is 2. The summed E-state index contributed by atoms with van der Waals surface area (Å²) in [6, 6.07) is 8.62. The SMILES string of the molecule is O=C(O)C1(F)C=CC(c2ccccc2)=C(F)C1. The molecule has 4 heteroatoms. The number of halogens is 2. The summed E-state index contributed by atoms with van der Waals surface area (Å²) in [6.45, 7) is 0. The number of aliphatic carboxylic acids is 1. The van der Waals surface area contributed by atoms with Gasteiger partial charge in [-0.25, -0.2) is 13.6 Å². The van der Waals surface area contributed by atoms with Crippen LogP contribution in [0, 0.1) is 0 Å². The number of carbonyl (C=O) groups is 1. The van der Waals surface area contributed by atoms with Crippen LogP contribution >= 0.6 is 0 Å². The number of hydrogen-bond acceptors (Lipinski definition) is 1. The molecule has 2 nitrogen and oxygen atoms in total. The van der Waals surface area contributed by atoms with Crippen molar-refractivity contribution in [3.05, 3.63) is 53.9 Å². The molecule has 1 unspecified atom stereocenters. The minimum Gasteiger partial charge on any atom is -0.479 e. The third-order valence-corrected chi connectivity index (χ3v) is 2.66. The van der Waals surface area contributed by atoms with Crippen molar-refractivity contribution in [1.82, 2.24) is 0 Å². The van der Waals surface area contributed by atoms with Gasteiger partial charge in [-0.2, -0.15) is 0 Å². The summed E-state index contributed by atoms with van der Waals surface area (Å²) in [5.74, 6) is -2.42. The molecule has 0 aliphatic heterocycles. The van der Waals surface area contributed by atoms with Gasteiger partial charge in [0.1, 0.15) is 5.83 Å². The van der Waals surface area contributed by atoms with Crippen molar-refractivity contribution in [1.29, 1.82) is 0 Å². The zero-order valence-corrected chi connectivity index (χ0v) is 8.86. The Morgan fingerprint density at radius 2 is 1.94 bits per heavy atom.